The van der Waals surface area contributed by atoms with Gasteiger partial charge in [-0.15, -0.1) is 0 Å². The smallest absolute Gasteiger partial charge is 0.217 e. The topological polar surface area (TPSA) is 592 Å². The van der Waals surface area contributed by atoms with Gasteiger partial charge < -0.3 is 175 Å². The van der Waals surface area contributed by atoms with Crippen LogP contribution in [-0.2, 0) is 76.0 Å². The van der Waals surface area contributed by atoms with Crippen LogP contribution in [0.3, 0.4) is 0 Å². The van der Waals surface area contributed by atoms with E-state index >= 15 is 0 Å². The van der Waals surface area contributed by atoms with Crippen molar-refractivity contribution in [3.8, 4) is 0 Å². The summed E-state index contributed by atoms with van der Waals surface area (Å²) in [6, 6.07) is -5.16. The van der Waals surface area contributed by atoms with E-state index in [-0.39, 0.29) is 0 Å². The number of nitrogens with one attached hydrogen (secondary N) is 3. The molecule has 0 radical (unpaired) electrons. The maximum absolute atomic E-state index is 12.9. The zero-order valence-corrected chi connectivity index (χ0v) is 46.5. The van der Waals surface area contributed by atoms with Crippen LogP contribution in [0.5, 0.6) is 0 Å². The first kappa shape index (κ1) is 70.6. The molecule has 0 spiro atoms. The second-order valence-corrected chi connectivity index (χ2v) is 21.8. The lowest BCUT2D eigenvalue weighted by Gasteiger charge is -2.50. The number of rotatable bonds is 21. The quantitative estimate of drug-likeness (QED) is 0.0507. The highest BCUT2D eigenvalue weighted by Crippen LogP contribution is 2.37. The zero-order valence-electron chi connectivity index (χ0n) is 46.5. The molecule has 3 amide bonds. The van der Waals surface area contributed by atoms with Crippen molar-refractivity contribution in [2.75, 3.05) is 39.6 Å². The normalized spacial score (nSPS) is 49.4. The average molecular weight is 1260 g/mol. The minimum Gasteiger partial charge on any atom is -0.394 e. The highest BCUT2D eigenvalue weighted by atomic mass is 16.8. The fourth-order valence-electron chi connectivity index (χ4n) is 10.9. The third-order valence-corrected chi connectivity index (χ3v) is 15.7. The Kier molecular flexibility index (Phi) is 25.0. The van der Waals surface area contributed by atoms with Gasteiger partial charge >= 0.3 is 0 Å². The third-order valence-electron chi connectivity index (χ3n) is 15.7. The third kappa shape index (κ3) is 15.5. The maximum atomic E-state index is 12.9. The first-order chi connectivity index (χ1) is 40.6. The van der Waals surface area contributed by atoms with Crippen molar-refractivity contribution in [1.82, 2.24) is 16.0 Å². The summed E-state index contributed by atoms with van der Waals surface area (Å²) in [6.07, 6.45) is -61.1. The Morgan fingerprint density at radius 1 is 0.326 bits per heavy atom. The molecule has 7 saturated heterocycles. The predicted octanol–water partition coefficient (Wildman–Crippen LogP) is -14.8. The largest absolute Gasteiger partial charge is 0.394 e. The summed E-state index contributed by atoms with van der Waals surface area (Å²) >= 11 is 0. The number of amides is 3. The van der Waals surface area contributed by atoms with Gasteiger partial charge in [0, 0.05) is 20.8 Å². The molecule has 7 aliphatic rings. The van der Waals surface area contributed by atoms with Gasteiger partial charge in [-0.3, -0.25) is 14.4 Å². The van der Waals surface area contributed by atoms with Crippen molar-refractivity contribution in [3.63, 3.8) is 0 Å². The predicted molar refractivity (Wildman–Crippen MR) is 265 cm³/mol. The molecule has 0 saturated carbocycles. The second kappa shape index (κ2) is 30.5. The summed E-state index contributed by atoms with van der Waals surface area (Å²) in [5.41, 5.74) is 0. The van der Waals surface area contributed by atoms with Gasteiger partial charge in [0.15, 0.2) is 44.0 Å². The number of aliphatic hydroxyl groups is 19. The lowest BCUT2D eigenvalue weighted by Crippen LogP contribution is -2.70. The van der Waals surface area contributed by atoms with Crippen LogP contribution in [0.25, 0.3) is 0 Å². The number of ether oxygens (including phenoxy) is 13. The van der Waals surface area contributed by atoms with Crippen molar-refractivity contribution >= 4 is 17.7 Å². The molecule has 7 rings (SSSR count). The zero-order chi connectivity index (χ0) is 63.5. The molecule has 0 aliphatic carbocycles. The number of hydrogen-bond acceptors (Lipinski definition) is 35. The van der Waals surface area contributed by atoms with E-state index in [1.807, 2.05) is 0 Å². The summed E-state index contributed by atoms with van der Waals surface area (Å²) in [4.78, 5) is 37.3. The fourth-order valence-corrected chi connectivity index (χ4v) is 10.9. The molecule has 7 heterocycles. The summed E-state index contributed by atoms with van der Waals surface area (Å²) < 4.78 is 75.7. The molecule has 35 atom stereocenters. The van der Waals surface area contributed by atoms with Crippen molar-refractivity contribution in [3.05, 3.63) is 0 Å². The van der Waals surface area contributed by atoms with Crippen LogP contribution >= 0.6 is 0 Å². The van der Waals surface area contributed by atoms with Crippen LogP contribution in [0.15, 0.2) is 0 Å². The van der Waals surface area contributed by atoms with Crippen molar-refractivity contribution < 1.29 is 173 Å². The van der Waals surface area contributed by atoms with Gasteiger partial charge in [-0.1, -0.05) is 0 Å². The molecule has 7 aliphatic heterocycles. The van der Waals surface area contributed by atoms with E-state index in [9.17, 15) is 111 Å². The van der Waals surface area contributed by atoms with Crippen LogP contribution in [0.2, 0.25) is 0 Å². The standard InChI is InChI=1S/C48H81N3O35/c1-11-24(59)32(67)35(70)45(76-11)74-10-20-39(30(65)21(42(73)77-20)49-12(2)56)83-44-23(51-14(4)58)31(66)38(18(8-55)81-44)84-47-37(72)40(85-46-36(71)33(68)26(61)16(6-53)79-46)28(63)19(82-47)9-75-48-41(34(69)27(62)17(7-54)80-48)86-43-22(50-13(3)57)29(64)25(60)15(5-52)78-43/h11,15-48,52-55,59-73H,5-10H2,1-4H3,(H,49,56)(H,50,57)(H,51,58)/t11-,15+,16+,17+,18+,19+,20+,21+,22+,23+,24+,25+,26+,27+,28+,29+,30+,31+,32+,33-,34-,35-,36-,37-,38+,39+,40-,41-,42?,43?,44?,45?,46?,47?,48?/m0/s1. The van der Waals surface area contributed by atoms with Crippen LogP contribution in [0, 0.1) is 0 Å². The van der Waals surface area contributed by atoms with Crippen molar-refractivity contribution in [2.45, 2.75) is 242 Å². The van der Waals surface area contributed by atoms with Gasteiger partial charge in [-0.2, -0.15) is 0 Å². The summed E-state index contributed by atoms with van der Waals surface area (Å²) in [5, 5.41) is 214. The first-order valence-corrected chi connectivity index (χ1v) is 27.5. The van der Waals surface area contributed by atoms with E-state index < -0.39 is 272 Å². The van der Waals surface area contributed by atoms with E-state index in [1.54, 1.807) is 0 Å². The van der Waals surface area contributed by atoms with Crippen LogP contribution < -0.4 is 16.0 Å². The highest BCUT2D eigenvalue weighted by molar-refractivity contribution is 5.74. The van der Waals surface area contributed by atoms with Gasteiger partial charge in [-0.25, -0.2) is 0 Å². The van der Waals surface area contributed by atoms with Crippen LogP contribution in [0.4, 0.5) is 0 Å². The van der Waals surface area contributed by atoms with Crippen LogP contribution in [0.1, 0.15) is 27.7 Å². The second-order valence-electron chi connectivity index (χ2n) is 21.8. The van der Waals surface area contributed by atoms with Crippen molar-refractivity contribution in [2.24, 2.45) is 0 Å². The van der Waals surface area contributed by atoms with E-state index in [0.29, 0.717) is 0 Å². The number of hydrogen-bond donors (Lipinski definition) is 22. The Bertz CT molecular complexity index is 2170. The van der Waals surface area contributed by atoms with Gasteiger partial charge in [0.1, 0.15) is 165 Å². The average Bonchev–Trinajstić information content (AvgIpc) is 1.76. The van der Waals surface area contributed by atoms with Gasteiger partial charge in [0.25, 0.3) is 0 Å². The van der Waals surface area contributed by atoms with Crippen LogP contribution in [-0.4, -0.2) is 369 Å². The number of carbonyl (C=O) groups is 3. The number of aliphatic hydroxyl groups excluding tert-OH is 19. The van der Waals surface area contributed by atoms with E-state index in [1.165, 1.54) is 6.92 Å². The SMILES string of the molecule is CC(=O)N[C@H]1C(O[C@@H]2C(OC[C@H]3OC(O[C@H]4[C@H](O)[C@@H](NC(C)=O)C(O[C@H]5[C@H](O)[C@@H](NC(C)=O)C(O)O[C@@H]5COC5O[C@@H](C)[C@@H](O)[C@@H](O)[C@@H]5O)O[C@@H]4CO)[C@@H](O)[C@@H](OC4O[C@H](CO)[C@@H](O)[C@H](O)[C@@H]4O)[C@@H]3O)O[C@H](CO)[C@@H](O)[C@@H]2O)O[C@H](CO)[C@@H](O)[C@@H]1O. The monoisotopic (exact) mass is 1260 g/mol. The highest BCUT2D eigenvalue weighted by Gasteiger charge is 2.58. The van der Waals surface area contributed by atoms with Crippen molar-refractivity contribution in [1.29, 1.82) is 0 Å². The molecule has 22 N–H and O–H groups in total. The molecule has 7 fully saturated rings. The molecule has 0 aromatic rings. The molecule has 0 aromatic heterocycles. The molecular weight excluding hydrogens is 1180 g/mol. The Morgan fingerprint density at radius 2 is 0.709 bits per heavy atom. The molecule has 86 heavy (non-hydrogen) atoms. The van der Waals surface area contributed by atoms with E-state index in [0.717, 1.165) is 20.8 Å². The van der Waals surface area contributed by atoms with E-state index in [2.05, 4.69) is 16.0 Å². The first-order valence-electron chi connectivity index (χ1n) is 27.5. The Labute approximate surface area is 488 Å². The molecule has 38 heteroatoms. The Balaban J connectivity index is 1.17. The summed E-state index contributed by atoms with van der Waals surface area (Å²) in [5.74, 6) is -2.46. The van der Waals surface area contributed by atoms with Gasteiger partial charge in [0.05, 0.1) is 45.7 Å². The van der Waals surface area contributed by atoms with Gasteiger partial charge in [0.2, 0.25) is 17.7 Å². The molecule has 498 valence electrons. The molecule has 7 unspecified atom stereocenters. The number of carbonyl (C=O) groups excluding carboxylic acids is 3. The lowest BCUT2D eigenvalue weighted by atomic mass is 9.93. The summed E-state index contributed by atoms with van der Waals surface area (Å²) in [7, 11) is 0. The molecule has 0 bridgehead atoms. The minimum absolute atomic E-state index is 0.766. The molecule has 0 aromatic carbocycles. The molecule has 38 nitrogen and oxygen atoms in total. The summed E-state index contributed by atoms with van der Waals surface area (Å²) in [6.45, 7) is -1.39. The fraction of sp³-hybridized carbons (Fsp3) is 0.938. The minimum atomic E-state index is -2.34. The molecular formula is C48H81N3O35. The maximum Gasteiger partial charge on any atom is 0.217 e. The Hall–Kier alpha value is -2.87. The van der Waals surface area contributed by atoms with Gasteiger partial charge in [-0.05, 0) is 6.92 Å². The van der Waals surface area contributed by atoms with E-state index in [4.69, 9.17) is 61.6 Å². The lowest BCUT2D eigenvalue weighted by molar-refractivity contribution is -0.387. The Morgan fingerprint density at radius 3 is 1.28 bits per heavy atom.